The molecule has 0 spiro atoms. The fourth-order valence-electron chi connectivity index (χ4n) is 3.49. The second-order valence-corrected chi connectivity index (χ2v) is 8.32. The minimum absolute atomic E-state index is 0.00815. The average molecular weight is 414 g/mol. The van der Waals surface area contributed by atoms with Crippen LogP contribution in [0.1, 0.15) is 59.8 Å². The minimum Gasteiger partial charge on any atom is -0.388 e. The van der Waals surface area contributed by atoms with E-state index in [2.05, 4.69) is 49.4 Å². The van der Waals surface area contributed by atoms with Gasteiger partial charge in [0.15, 0.2) is 5.78 Å². The molecule has 2 aliphatic rings. The van der Waals surface area contributed by atoms with Crippen LogP contribution in [-0.2, 0) is 4.79 Å². The molecule has 0 saturated heterocycles. The maximum absolute atomic E-state index is 12.7. The summed E-state index contributed by atoms with van der Waals surface area (Å²) in [7, 11) is 0. The van der Waals surface area contributed by atoms with E-state index in [-0.39, 0.29) is 11.2 Å². The molecule has 0 radical (unpaired) electrons. The monoisotopic (exact) mass is 414 g/mol. The highest BCUT2D eigenvalue weighted by molar-refractivity contribution is 14.1. The zero-order chi connectivity index (χ0) is 16.5. The Morgan fingerprint density at radius 2 is 1.95 bits per heavy atom. The van der Waals surface area contributed by atoms with E-state index in [9.17, 15) is 9.90 Å². The molecule has 1 N–H and O–H groups in total. The maximum atomic E-state index is 12.7. The highest BCUT2D eigenvalue weighted by Gasteiger charge is 2.43. The fourth-order valence-corrected chi connectivity index (χ4v) is 4.92. The number of halogens is 1. The van der Waals surface area contributed by atoms with E-state index >= 15 is 0 Å². The van der Waals surface area contributed by atoms with Gasteiger partial charge in [0.25, 0.3) is 0 Å². The normalized spacial score (nSPS) is 39.3. The Hall–Kier alpha value is -0.420. The number of carbonyl (C=O) groups excluding carboxylic acids is 1. The molecule has 22 heavy (non-hydrogen) atoms. The van der Waals surface area contributed by atoms with Crippen molar-refractivity contribution in [3.63, 3.8) is 0 Å². The fraction of sp³-hybridized carbons (Fsp3) is 0.632. The van der Waals surface area contributed by atoms with Crippen molar-refractivity contribution in [2.75, 3.05) is 0 Å². The zero-order valence-corrected chi connectivity index (χ0v) is 16.2. The van der Waals surface area contributed by atoms with Gasteiger partial charge in [0.2, 0.25) is 0 Å². The highest BCUT2D eigenvalue weighted by Crippen LogP contribution is 2.51. The third-order valence-electron chi connectivity index (χ3n) is 5.45. The van der Waals surface area contributed by atoms with Crippen LogP contribution in [0, 0.1) is 11.3 Å². The van der Waals surface area contributed by atoms with E-state index in [1.807, 2.05) is 6.92 Å². The summed E-state index contributed by atoms with van der Waals surface area (Å²) < 4.78 is 1.07. The smallest absolute Gasteiger partial charge is 0.185 e. The van der Waals surface area contributed by atoms with Crippen LogP contribution >= 0.6 is 22.6 Å². The summed E-state index contributed by atoms with van der Waals surface area (Å²) in [5.74, 6) is 0.389. The third kappa shape index (κ3) is 3.56. The summed E-state index contributed by atoms with van der Waals surface area (Å²) in [4.78, 5) is 12.7. The summed E-state index contributed by atoms with van der Waals surface area (Å²) in [6, 6.07) is 0. The van der Waals surface area contributed by atoms with Crippen molar-refractivity contribution in [3.05, 3.63) is 32.5 Å². The number of allylic oxidation sites excluding steroid dienone is 5. The van der Waals surface area contributed by atoms with Gasteiger partial charge in [0, 0.05) is 14.6 Å². The predicted octanol–water partition coefficient (Wildman–Crippen LogP) is 5.12. The molecule has 0 aromatic heterocycles. The van der Waals surface area contributed by atoms with Gasteiger partial charge < -0.3 is 5.11 Å². The number of rotatable bonds is 0. The molecule has 122 valence electrons. The van der Waals surface area contributed by atoms with E-state index in [0.717, 1.165) is 34.8 Å². The number of aliphatic hydroxyl groups excluding tert-OH is 1. The number of ketones is 1. The first-order valence-electron chi connectivity index (χ1n) is 8.21. The first-order valence-corrected chi connectivity index (χ1v) is 9.29. The number of aliphatic hydroxyl groups is 1. The van der Waals surface area contributed by atoms with Gasteiger partial charge in [-0.2, -0.15) is 0 Å². The van der Waals surface area contributed by atoms with Crippen LogP contribution in [0.2, 0.25) is 0 Å². The molecule has 0 aromatic carbocycles. The molecule has 0 amide bonds. The van der Waals surface area contributed by atoms with E-state index < -0.39 is 6.10 Å². The molecule has 0 aromatic rings. The van der Waals surface area contributed by atoms with Crippen molar-refractivity contribution in [3.8, 4) is 0 Å². The van der Waals surface area contributed by atoms with E-state index in [1.54, 1.807) is 6.08 Å². The molecule has 0 unspecified atom stereocenters. The van der Waals surface area contributed by atoms with Crippen LogP contribution in [-0.4, -0.2) is 17.0 Å². The molecule has 0 saturated carbocycles. The van der Waals surface area contributed by atoms with E-state index in [4.69, 9.17) is 0 Å². The van der Waals surface area contributed by atoms with Gasteiger partial charge >= 0.3 is 0 Å². The summed E-state index contributed by atoms with van der Waals surface area (Å²) in [6.07, 6.45) is 8.12. The molecule has 3 atom stereocenters. The molecule has 2 nitrogen and oxygen atoms in total. The van der Waals surface area contributed by atoms with Crippen molar-refractivity contribution >= 4 is 28.4 Å². The standard InChI is InChI=1S/C19H27IO2/c1-12-6-5-7-13(2)10-15(21)17-16(22)11-14(3)19(4,9-8-12)18(17)20/h6,10,14,16,22H,5,7-9,11H2,1-4H3/b12-6+,13-10-/t14-,16-,19+/m1/s1. The summed E-state index contributed by atoms with van der Waals surface area (Å²) in [6.45, 7) is 8.68. The second-order valence-electron chi connectivity index (χ2n) is 7.24. The van der Waals surface area contributed by atoms with Gasteiger partial charge in [0.05, 0.1) is 6.10 Å². The summed E-state index contributed by atoms with van der Waals surface area (Å²) in [5.41, 5.74) is 3.16. The predicted molar refractivity (Wildman–Crippen MR) is 99.9 cm³/mol. The maximum Gasteiger partial charge on any atom is 0.185 e. The molecule has 2 aliphatic carbocycles. The Morgan fingerprint density at radius 1 is 1.27 bits per heavy atom. The van der Waals surface area contributed by atoms with Crippen molar-refractivity contribution < 1.29 is 9.90 Å². The number of hydrogen-bond donors (Lipinski definition) is 1. The summed E-state index contributed by atoms with van der Waals surface area (Å²) in [5, 5.41) is 10.5. The Morgan fingerprint density at radius 3 is 2.64 bits per heavy atom. The molecule has 0 fully saturated rings. The van der Waals surface area contributed by atoms with Gasteiger partial charge in [-0.05, 0) is 80.5 Å². The lowest BCUT2D eigenvalue weighted by Gasteiger charge is -2.43. The molecule has 0 aliphatic heterocycles. The second kappa shape index (κ2) is 7.00. The Kier molecular flexibility index (Phi) is 5.70. The highest BCUT2D eigenvalue weighted by atomic mass is 127. The van der Waals surface area contributed by atoms with E-state index in [0.29, 0.717) is 17.9 Å². The molecular formula is C19H27IO2. The van der Waals surface area contributed by atoms with Gasteiger partial charge in [0.1, 0.15) is 0 Å². The van der Waals surface area contributed by atoms with Crippen molar-refractivity contribution in [1.82, 2.24) is 0 Å². The van der Waals surface area contributed by atoms with Crippen LogP contribution in [0.15, 0.2) is 32.5 Å². The van der Waals surface area contributed by atoms with Crippen LogP contribution in [0.4, 0.5) is 0 Å². The average Bonchev–Trinajstić information content (AvgIpc) is 2.42. The van der Waals surface area contributed by atoms with Crippen LogP contribution in [0.25, 0.3) is 0 Å². The molecule has 2 rings (SSSR count). The van der Waals surface area contributed by atoms with Crippen LogP contribution in [0.5, 0.6) is 0 Å². The van der Waals surface area contributed by atoms with Gasteiger partial charge in [-0.15, -0.1) is 0 Å². The lowest BCUT2D eigenvalue weighted by molar-refractivity contribution is -0.112. The molecule has 0 heterocycles. The van der Waals surface area contributed by atoms with Gasteiger partial charge in [-0.1, -0.05) is 31.1 Å². The number of hydrogen-bond acceptors (Lipinski definition) is 2. The Labute approximate surface area is 147 Å². The van der Waals surface area contributed by atoms with Gasteiger partial charge in [-0.3, -0.25) is 4.79 Å². The molecule has 2 bridgehead atoms. The lowest BCUT2D eigenvalue weighted by atomic mass is 9.66. The zero-order valence-electron chi connectivity index (χ0n) is 14.1. The first-order chi connectivity index (χ1) is 10.3. The summed E-state index contributed by atoms with van der Waals surface area (Å²) >= 11 is 2.32. The minimum atomic E-state index is -0.619. The number of carbonyl (C=O) groups is 1. The Balaban J connectivity index is 2.53. The lowest BCUT2D eigenvalue weighted by Crippen LogP contribution is -2.38. The molecule has 3 heteroatoms. The largest absolute Gasteiger partial charge is 0.388 e. The Bertz CT molecular complexity index is 556. The molecular weight excluding hydrogens is 387 g/mol. The third-order valence-corrected chi connectivity index (χ3v) is 7.26. The number of fused-ring (bicyclic) bond motifs is 1. The van der Waals surface area contributed by atoms with Crippen LogP contribution < -0.4 is 0 Å². The van der Waals surface area contributed by atoms with Crippen molar-refractivity contribution in [1.29, 1.82) is 0 Å². The van der Waals surface area contributed by atoms with Gasteiger partial charge in [-0.25, -0.2) is 0 Å². The van der Waals surface area contributed by atoms with E-state index in [1.165, 1.54) is 5.57 Å². The van der Waals surface area contributed by atoms with Crippen molar-refractivity contribution in [2.24, 2.45) is 11.3 Å². The first kappa shape index (κ1) is 17.9. The topological polar surface area (TPSA) is 37.3 Å². The van der Waals surface area contributed by atoms with Crippen LogP contribution in [0.3, 0.4) is 0 Å². The SMILES string of the molecule is C/C1=C/C(=O)C2=C(I)[C@@](C)(CC/C(C)=C/CC1)[C@H](C)C[C@H]2O. The van der Waals surface area contributed by atoms with Crippen molar-refractivity contribution in [2.45, 2.75) is 65.9 Å². The quantitative estimate of drug-likeness (QED) is 0.442.